The van der Waals surface area contributed by atoms with Gasteiger partial charge >= 0.3 is 0 Å². The van der Waals surface area contributed by atoms with Gasteiger partial charge in [0.1, 0.15) is 17.9 Å². The number of amides is 3. The van der Waals surface area contributed by atoms with Gasteiger partial charge in [-0.25, -0.2) is 4.68 Å². The molecule has 31 heavy (non-hydrogen) atoms. The molecule has 0 radical (unpaired) electrons. The minimum atomic E-state index is -0.876. The number of carbonyl (C=O) groups excluding carboxylic acids is 3. The van der Waals surface area contributed by atoms with Gasteiger partial charge in [0, 0.05) is 16.6 Å². The maximum Gasteiger partial charge on any atom is 0.282 e. The molecule has 2 heterocycles. The molecule has 0 saturated carbocycles. The van der Waals surface area contributed by atoms with E-state index in [0.717, 1.165) is 10.5 Å². The normalized spacial score (nSPS) is 12.8. The number of carbonyl (C=O) groups is 3. The molecule has 0 atom stereocenters. The van der Waals surface area contributed by atoms with Crippen LogP contribution in [0.2, 0.25) is 0 Å². The number of nitrogens with one attached hydrogen (secondary N) is 1. The number of aromatic nitrogens is 2. The van der Waals surface area contributed by atoms with Gasteiger partial charge in [-0.15, -0.1) is 0 Å². The summed E-state index contributed by atoms with van der Waals surface area (Å²) >= 11 is 3.39. The van der Waals surface area contributed by atoms with E-state index in [-0.39, 0.29) is 11.1 Å². The number of fused-ring (bicyclic) bond motifs is 1. The van der Waals surface area contributed by atoms with E-state index in [1.54, 1.807) is 19.1 Å². The van der Waals surface area contributed by atoms with E-state index >= 15 is 0 Å². The largest absolute Gasteiger partial charge is 0.309 e. The van der Waals surface area contributed by atoms with E-state index < -0.39 is 34.9 Å². The van der Waals surface area contributed by atoms with Gasteiger partial charge in [0.25, 0.3) is 17.5 Å². The van der Waals surface area contributed by atoms with Crippen LogP contribution in [0.5, 0.6) is 0 Å². The van der Waals surface area contributed by atoms with Crippen LogP contribution in [0, 0.1) is 17.0 Å². The van der Waals surface area contributed by atoms with Crippen LogP contribution in [0.4, 0.5) is 11.5 Å². The molecule has 1 aliphatic heterocycles. The summed E-state index contributed by atoms with van der Waals surface area (Å²) in [5.74, 6) is -1.92. The minimum absolute atomic E-state index is 0.0953. The van der Waals surface area contributed by atoms with Crippen molar-refractivity contribution in [1.82, 2.24) is 14.7 Å². The summed E-state index contributed by atoms with van der Waals surface area (Å²) in [4.78, 5) is 49.1. The number of anilines is 1. The fraction of sp³-hybridized carbons (Fsp3) is 0.100. The standard InChI is InChI=1S/C20H14BrN5O5/c1-11-8-16(25(23-11)13-5-2-4-12(21)9-13)22-17(27)10-24-19(28)14-6-3-7-15(26(30)31)18(14)20(24)29/h2-9H,10H2,1H3,(H,22,27). The fourth-order valence-electron chi connectivity index (χ4n) is 3.33. The number of nitrogens with zero attached hydrogens (tertiary/aromatic N) is 4. The molecular weight excluding hydrogens is 470 g/mol. The lowest BCUT2D eigenvalue weighted by atomic mass is 10.1. The van der Waals surface area contributed by atoms with Crippen LogP contribution in [-0.2, 0) is 4.79 Å². The Morgan fingerprint density at radius 3 is 2.61 bits per heavy atom. The van der Waals surface area contributed by atoms with E-state index in [4.69, 9.17) is 0 Å². The molecule has 10 nitrogen and oxygen atoms in total. The van der Waals surface area contributed by atoms with Gasteiger partial charge in [0.15, 0.2) is 0 Å². The van der Waals surface area contributed by atoms with Crippen molar-refractivity contribution in [3.05, 3.63) is 79.9 Å². The second kappa shape index (κ2) is 7.76. The van der Waals surface area contributed by atoms with Gasteiger partial charge in [-0.05, 0) is 31.2 Å². The highest BCUT2D eigenvalue weighted by Crippen LogP contribution is 2.30. The quantitative estimate of drug-likeness (QED) is 0.337. The van der Waals surface area contributed by atoms with Crippen molar-refractivity contribution in [3.8, 4) is 5.69 Å². The highest BCUT2D eigenvalue weighted by molar-refractivity contribution is 9.10. The molecular formula is C20H14BrN5O5. The Balaban J connectivity index is 1.57. The third-order valence-corrected chi connectivity index (χ3v) is 5.12. The Bertz CT molecular complexity index is 1270. The van der Waals surface area contributed by atoms with Crippen molar-refractivity contribution >= 4 is 45.2 Å². The van der Waals surface area contributed by atoms with E-state index in [0.29, 0.717) is 22.1 Å². The minimum Gasteiger partial charge on any atom is -0.309 e. The Morgan fingerprint density at radius 1 is 1.16 bits per heavy atom. The number of benzene rings is 2. The molecule has 4 rings (SSSR count). The van der Waals surface area contributed by atoms with Crippen molar-refractivity contribution < 1.29 is 19.3 Å². The Kier molecular flexibility index (Phi) is 5.11. The summed E-state index contributed by atoms with van der Waals surface area (Å²) in [5.41, 5.74) is 0.463. The van der Waals surface area contributed by atoms with E-state index in [1.165, 1.54) is 16.8 Å². The average Bonchev–Trinajstić information content (AvgIpc) is 3.20. The van der Waals surface area contributed by atoms with Gasteiger partial charge in [-0.3, -0.25) is 29.4 Å². The number of nitro groups is 1. The first-order valence-corrected chi connectivity index (χ1v) is 9.81. The molecule has 1 aliphatic rings. The Labute approximate surface area is 183 Å². The number of nitro benzene ring substituents is 1. The summed E-state index contributed by atoms with van der Waals surface area (Å²) in [6.07, 6.45) is 0. The molecule has 2 aromatic carbocycles. The molecule has 0 bridgehead atoms. The first-order chi connectivity index (χ1) is 14.8. The topological polar surface area (TPSA) is 127 Å². The molecule has 1 N–H and O–H groups in total. The molecule has 156 valence electrons. The summed E-state index contributed by atoms with van der Waals surface area (Å²) < 4.78 is 2.34. The highest BCUT2D eigenvalue weighted by atomic mass is 79.9. The van der Waals surface area contributed by atoms with E-state index in [1.807, 2.05) is 18.2 Å². The molecule has 0 aliphatic carbocycles. The van der Waals surface area contributed by atoms with Crippen molar-refractivity contribution in [3.63, 3.8) is 0 Å². The van der Waals surface area contributed by atoms with Crippen LogP contribution >= 0.6 is 15.9 Å². The van der Waals surface area contributed by atoms with Gasteiger partial charge in [-0.1, -0.05) is 28.1 Å². The Morgan fingerprint density at radius 2 is 1.90 bits per heavy atom. The first-order valence-electron chi connectivity index (χ1n) is 9.02. The molecule has 0 saturated heterocycles. The van der Waals surface area contributed by atoms with Gasteiger partial charge in [0.2, 0.25) is 5.91 Å². The smallest absolute Gasteiger partial charge is 0.282 e. The van der Waals surface area contributed by atoms with Crippen molar-refractivity contribution in [1.29, 1.82) is 0 Å². The monoisotopic (exact) mass is 483 g/mol. The van der Waals surface area contributed by atoms with Crippen LogP contribution in [0.15, 0.2) is 53.0 Å². The predicted octanol–water partition coefficient (Wildman–Crippen LogP) is 3.09. The molecule has 1 aromatic heterocycles. The van der Waals surface area contributed by atoms with Gasteiger partial charge in [-0.2, -0.15) is 5.10 Å². The third kappa shape index (κ3) is 3.70. The molecule has 3 amide bonds. The summed E-state index contributed by atoms with van der Waals surface area (Å²) in [6, 6.07) is 12.7. The number of rotatable bonds is 5. The number of hydrogen-bond donors (Lipinski definition) is 1. The molecule has 3 aromatic rings. The van der Waals surface area contributed by atoms with Crippen LogP contribution < -0.4 is 5.32 Å². The summed E-state index contributed by atoms with van der Waals surface area (Å²) in [5, 5.41) is 18.2. The molecule has 11 heteroatoms. The molecule has 0 spiro atoms. The SMILES string of the molecule is Cc1cc(NC(=O)CN2C(=O)c3cccc([N+](=O)[O-])c3C2=O)n(-c2cccc(Br)c2)n1. The lowest BCUT2D eigenvalue weighted by Crippen LogP contribution is -2.37. The second-order valence-electron chi connectivity index (χ2n) is 6.76. The second-order valence-corrected chi connectivity index (χ2v) is 7.68. The molecule has 0 unspecified atom stereocenters. The number of imide groups is 1. The van der Waals surface area contributed by atoms with E-state index in [9.17, 15) is 24.5 Å². The third-order valence-electron chi connectivity index (χ3n) is 4.63. The highest BCUT2D eigenvalue weighted by Gasteiger charge is 2.41. The molecule has 0 fully saturated rings. The van der Waals surface area contributed by atoms with E-state index in [2.05, 4.69) is 26.3 Å². The Hall–Kier alpha value is -3.86. The lowest BCUT2D eigenvalue weighted by Gasteiger charge is -2.14. The number of aryl methyl sites for hydroxylation is 1. The van der Waals surface area contributed by atoms with Crippen LogP contribution in [0.1, 0.15) is 26.4 Å². The van der Waals surface area contributed by atoms with Crippen LogP contribution in [0.25, 0.3) is 5.69 Å². The average molecular weight is 484 g/mol. The van der Waals surface area contributed by atoms with Crippen molar-refractivity contribution in [2.24, 2.45) is 0 Å². The summed E-state index contributed by atoms with van der Waals surface area (Å²) in [6.45, 7) is 1.17. The summed E-state index contributed by atoms with van der Waals surface area (Å²) in [7, 11) is 0. The zero-order chi connectivity index (χ0) is 22.3. The number of halogens is 1. The van der Waals surface area contributed by atoms with Crippen LogP contribution in [-0.4, -0.2) is 43.9 Å². The lowest BCUT2D eigenvalue weighted by molar-refractivity contribution is -0.385. The number of hydrogen-bond acceptors (Lipinski definition) is 6. The zero-order valence-electron chi connectivity index (χ0n) is 16.0. The zero-order valence-corrected chi connectivity index (χ0v) is 17.6. The maximum atomic E-state index is 12.6. The van der Waals surface area contributed by atoms with Crippen LogP contribution in [0.3, 0.4) is 0 Å². The van der Waals surface area contributed by atoms with Crippen molar-refractivity contribution in [2.45, 2.75) is 6.92 Å². The van der Waals surface area contributed by atoms with Crippen molar-refractivity contribution in [2.75, 3.05) is 11.9 Å². The maximum absolute atomic E-state index is 12.6. The fourth-order valence-corrected chi connectivity index (χ4v) is 3.72. The van der Waals surface area contributed by atoms with Gasteiger partial charge in [0.05, 0.1) is 21.9 Å². The predicted molar refractivity (Wildman–Crippen MR) is 113 cm³/mol. The van der Waals surface area contributed by atoms with Gasteiger partial charge < -0.3 is 5.32 Å². The first kappa shape index (κ1) is 20.4.